The minimum Gasteiger partial charge on any atom is -0.310 e. The van der Waals surface area contributed by atoms with Gasteiger partial charge in [-0.15, -0.1) is 0 Å². The first-order valence-corrected chi connectivity index (χ1v) is 7.54. The number of aromatic nitrogens is 2. The fourth-order valence-electron chi connectivity index (χ4n) is 2.43. The van der Waals surface area contributed by atoms with Crippen LogP contribution in [0.15, 0.2) is 36.7 Å². The maximum Gasteiger partial charge on any atom is 0.0537 e. The van der Waals surface area contributed by atoms with Crippen molar-refractivity contribution in [2.24, 2.45) is 0 Å². The first kappa shape index (κ1) is 14.8. The van der Waals surface area contributed by atoms with Gasteiger partial charge >= 0.3 is 0 Å². The van der Waals surface area contributed by atoms with E-state index in [0.29, 0.717) is 6.04 Å². The number of nitrogens with one attached hydrogen (secondary N) is 1. The summed E-state index contributed by atoms with van der Waals surface area (Å²) in [5, 5.41) is 7.95. The van der Waals surface area contributed by atoms with Crippen molar-refractivity contribution in [3.05, 3.63) is 53.3 Å². The van der Waals surface area contributed by atoms with Crippen LogP contribution in [0.1, 0.15) is 43.0 Å². The molecule has 0 bridgehead atoms. The standard InChI is InChI=1S/C17H25N3/c1-4-18-17(16-12-19-20(5-2)13-16)11-10-15-8-6-14(3)7-9-15/h6-9,12-13,17-18H,4-5,10-11H2,1-3H3. The molecule has 20 heavy (non-hydrogen) atoms. The molecule has 0 saturated carbocycles. The molecular weight excluding hydrogens is 246 g/mol. The molecular formula is C17H25N3. The summed E-state index contributed by atoms with van der Waals surface area (Å²) in [4.78, 5) is 0. The van der Waals surface area contributed by atoms with E-state index in [1.807, 2.05) is 10.9 Å². The van der Waals surface area contributed by atoms with Crippen molar-refractivity contribution in [3.8, 4) is 0 Å². The van der Waals surface area contributed by atoms with Crippen LogP contribution in [0.2, 0.25) is 0 Å². The lowest BCUT2D eigenvalue weighted by molar-refractivity contribution is 0.514. The molecule has 2 rings (SSSR count). The zero-order valence-corrected chi connectivity index (χ0v) is 12.8. The van der Waals surface area contributed by atoms with Gasteiger partial charge in [0.25, 0.3) is 0 Å². The summed E-state index contributed by atoms with van der Waals surface area (Å²) in [6, 6.07) is 9.22. The molecule has 0 spiro atoms. The van der Waals surface area contributed by atoms with E-state index in [-0.39, 0.29) is 0 Å². The van der Waals surface area contributed by atoms with Gasteiger partial charge in [0.15, 0.2) is 0 Å². The van der Waals surface area contributed by atoms with Gasteiger partial charge in [-0.3, -0.25) is 4.68 Å². The van der Waals surface area contributed by atoms with Gasteiger partial charge < -0.3 is 5.32 Å². The Balaban J connectivity index is 2.00. The molecule has 2 aromatic rings. The van der Waals surface area contributed by atoms with Crippen LogP contribution in [0.25, 0.3) is 0 Å². The van der Waals surface area contributed by atoms with Crippen molar-refractivity contribution in [2.45, 2.75) is 46.2 Å². The van der Waals surface area contributed by atoms with Crippen LogP contribution in [-0.4, -0.2) is 16.3 Å². The average molecular weight is 271 g/mol. The van der Waals surface area contributed by atoms with Gasteiger partial charge in [-0.1, -0.05) is 36.8 Å². The van der Waals surface area contributed by atoms with Crippen LogP contribution in [-0.2, 0) is 13.0 Å². The summed E-state index contributed by atoms with van der Waals surface area (Å²) in [5.41, 5.74) is 4.02. The van der Waals surface area contributed by atoms with Gasteiger partial charge in [-0.2, -0.15) is 5.10 Å². The lowest BCUT2D eigenvalue weighted by atomic mass is 10.0. The van der Waals surface area contributed by atoms with Crippen molar-refractivity contribution in [3.63, 3.8) is 0 Å². The van der Waals surface area contributed by atoms with Crippen molar-refractivity contribution in [1.82, 2.24) is 15.1 Å². The van der Waals surface area contributed by atoms with Gasteiger partial charge in [0, 0.05) is 24.3 Å². The van der Waals surface area contributed by atoms with Crippen molar-refractivity contribution in [2.75, 3.05) is 6.54 Å². The third kappa shape index (κ3) is 3.94. The predicted molar refractivity (Wildman–Crippen MR) is 83.8 cm³/mol. The van der Waals surface area contributed by atoms with E-state index < -0.39 is 0 Å². The molecule has 3 nitrogen and oxygen atoms in total. The van der Waals surface area contributed by atoms with Gasteiger partial charge in [0.05, 0.1) is 6.20 Å². The SMILES string of the molecule is CCNC(CCc1ccc(C)cc1)c1cnn(CC)c1. The Kier molecular flexibility index (Phi) is 5.36. The van der Waals surface area contributed by atoms with Crippen LogP contribution in [0.5, 0.6) is 0 Å². The smallest absolute Gasteiger partial charge is 0.0537 e. The Bertz CT molecular complexity index is 513. The minimum absolute atomic E-state index is 0.390. The molecule has 0 saturated heterocycles. The summed E-state index contributed by atoms with van der Waals surface area (Å²) in [7, 11) is 0. The molecule has 1 atom stereocenters. The number of hydrogen-bond acceptors (Lipinski definition) is 2. The highest BCUT2D eigenvalue weighted by molar-refractivity contribution is 5.22. The van der Waals surface area contributed by atoms with Gasteiger partial charge in [-0.25, -0.2) is 0 Å². The third-order valence-corrected chi connectivity index (χ3v) is 3.67. The van der Waals surface area contributed by atoms with Crippen molar-refractivity contribution < 1.29 is 0 Å². The summed E-state index contributed by atoms with van der Waals surface area (Å²) in [6.07, 6.45) is 6.34. The van der Waals surface area contributed by atoms with Crippen LogP contribution in [0.3, 0.4) is 0 Å². The van der Waals surface area contributed by atoms with Crippen LogP contribution in [0.4, 0.5) is 0 Å². The number of aryl methyl sites for hydroxylation is 3. The monoisotopic (exact) mass is 271 g/mol. The maximum atomic E-state index is 4.38. The first-order chi connectivity index (χ1) is 9.72. The molecule has 1 heterocycles. The molecule has 0 fully saturated rings. The van der Waals surface area contributed by atoms with Crippen molar-refractivity contribution >= 4 is 0 Å². The zero-order valence-electron chi connectivity index (χ0n) is 12.8. The summed E-state index contributed by atoms with van der Waals surface area (Å²) < 4.78 is 1.99. The lowest BCUT2D eigenvalue weighted by Crippen LogP contribution is -2.21. The van der Waals surface area contributed by atoms with Gasteiger partial charge in [0.1, 0.15) is 0 Å². The molecule has 1 aromatic carbocycles. The second kappa shape index (κ2) is 7.25. The molecule has 108 valence electrons. The number of benzene rings is 1. The second-order valence-electron chi connectivity index (χ2n) is 5.26. The Labute approximate surface area is 122 Å². The fraction of sp³-hybridized carbons (Fsp3) is 0.471. The van der Waals surface area contributed by atoms with Crippen LogP contribution in [0, 0.1) is 6.92 Å². The highest BCUT2D eigenvalue weighted by Crippen LogP contribution is 2.19. The summed E-state index contributed by atoms with van der Waals surface area (Å²) in [5.74, 6) is 0. The van der Waals surface area contributed by atoms with E-state index >= 15 is 0 Å². The molecule has 0 aliphatic carbocycles. The van der Waals surface area contributed by atoms with Crippen LogP contribution >= 0.6 is 0 Å². The minimum atomic E-state index is 0.390. The molecule has 0 aliphatic heterocycles. The Morgan fingerprint density at radius 2 is 1.95 bits per heavy atom. The molecule has 1 aromatic heterocycles. The highest BCUT2D eigenvalue weighted by Gasteiger charge is 2.12. The maximum absolute atomic E-state index is 4.38. The molecule has 1 N–H and O–H groups in total. The van der Waals surface area contributed by atoms with Gasteiger partial charge in [0.2, 0.25) is 0 Å². The fourth-order valence-corrected chi connectivity index (χ4v) is 2.43. The van der Waals surface area contributed by atoms with Crippen LogP contribution < -0.4 is 5.32 Å². The first-order valence-electron chi connectivity index (χ1n) is 7.54. The third-order valence-electron chi connectivity index (χ3n) is 3.67. The van der Waals surface area contributed by atoms with E-state index in [0.717, 1.165) is 25.9 Å². The molecule has 3 heteroatoms. The number of hydrogen-bond donors (Lipinski definition) is 1. The average Bonchev–Trinajstić information content (AvgIpc) is 2.94. The topological polar surface area (TPSA) is 29.9 Å². The highest BCUT2D eigenvalue weighted by atomic mass is 15.3. The quantitative estimate of drug-likeness (QED) is 0.835. The summed E-state index contributed by atoms with van der Waals surface area (Å²) in [6.45, 7) is 8.31. The lowest BCUT2D eigenvalue weighted by Gasteiger charge is -2.16. The van der Waals surface area contributed by atoms with E-state index in [4.69, 9.17) is 0 Å². The van der Waals surface area contributed by atoms with Gasteiger partial charge in [-0.05, 0) is 38.8 Å². The largest absolute Gasteiger partial charge is 0.310 e. The van der Waals surface area contributed by atoms with E-state index in [2.05, 4.69) is 61.6 Å². The molecule has 0 radical (unpaired) electrons. The number of nitrogens with zero attached hydrogens (tertiary/aromatic N) is 2. The van der Waals surface area contributed by atoms with E-state index in [9.17, 15) is 0 Å². The Hall–Kier alpha value is -1.61. The van der Waals surface area contributed by atoms with E-state index in [1.165, 1.54) is 16.7 Å². The normalized spacial score (nSPS) is 12.6. The Morgan fingerprint density at radius 3 is 2.55 bits per heavy atom. The molecule has 0 amide bonds. The molecule has 1 unspecified atom stereocenters. The second-order valence-corrected chi connectivity index (χ2v) is 5.26. The van der Waals surface area contributed by atoms with Crippen molar-refractivity contribution in [1.29, 1.82) is 0 Å². The summed E-state index contributed by atoms with van der Waals surface area (Å²) >= 11 is 0. The van der Waals surface area contributed by atoms with E-state index in [1.54, 1.807) is 0 Å². The predicted octanol–water partition coefficient (Wildman–Crippen LogP) is 3.49. The Morgan fingerprint density at radius 1 is 1.20 bits per heavy atom. The molecule has 0 aliphatic rings. The number of rotatable bonds is 7. The zero-order chi connectivity index (χ0) is 14.4.